The fourth-order valence-electron chi connectivity index (χ4n) is 7.90. The molecule has 216 valence electrons. The number of ether oxygens (including phenoxy) is 1. The summed E-state index contributed by atoms with van der Waals surface area (Å²) in [7, 11) is 4.64. The number of fused-ring (bicyclic) bond motifs is 3. The zero-order valence-corrected chi connectivity index (χ0v) is 23.3. The van der Waals surface area contributed by atoms with Gasteiger partial charge in [0.25, 0.3) is 0 Å². The van der Waals surface area contributed by atoms with E-state index in [2.05, 4.69) is 11.8 Å². The van der Waals surface area contributed by atoms with Gasteiger partial charge >= 0.3 is 0 Å². The van der Waals surface area contributed by atoms with Gasteiger partial charge in [0, 0.05) is 23.1 Å². The van der Waals surface area contributed by atoms with E-state index in [1.54, 1.807) is 14.1 Å². The van der Waals surface area contributed by atoms with Gasteiger partial charge in [-0.05, 0) is 71.3 Å². The van der Waals surface area contributed by atoms with Crippen molar-refractivity contribution in [1.29, 1.82) is 0 Å². The van der Waals surface area contributed by atoms with Crippen molar-refractivity contribution in [2.45, 2.75) is 56.7 Å². The highest BCUT2D eigenvalue weighted by molar-refractivity contribution is 6.32. The highest BCUT2D eigenvalue weighted by Crippen LogP contribution is 2.53. The molecular formula is C29H37N3O8. The van der Waals surface area contributed by atoms with Crippen LogP contribution in [0.1, 0.15) is 60.1 Å². The monoisotopic (exact) mass is 555 g/mol. The molecule has 1 aromatic rings. The minimum absolute atomic E-state index is 0.00340. The predicted molar refractivity (Wildman–Crippen MR) is 142 cm³/mol. The molecule has 1 saturated heterocycles. The van der Waals surface area contributed by atoms with Gasteiger partial charge in [-0.15, -0.1) is 0 Å². The second kappa shape index (κ2) is 10.0. The quantitative estimate of drug-likeness (QED) is 0.419. The van der Waals surface area contributed by atoms with Crippen molar-refractivity contribution in [3.63, 3.8) is 0 Å². The van der Waals surface area contributed by atoms with Crippen LogP contribution in [0.25, 0.3) is 0 Å². The molecule has 0 aromatic heterocycles. The number of hydrogen-bond donors (Lipinski definition) is 3. The third-order valence-electron chi connectivity index (χ3n) is 9.48. The van der Waals surface area contributed by atoms with Crippen LogP contribution in [-0.4, -0.2) is 95.0 Å². The molecule has 1 amide bonds. The van der Waals surface area contributed by atoms with Gasteiger partial charge in [0.15, 0.2) is 34.7 Å². The van der Waals surface area contributed by atoms with Crippen LogP contribution >= 0.6 is 0 Å². The molecule has 3 aliphatic carbocycles. The molecule has 11 nitrogen and oxygen atoms in total. The Morgan fingerprint density at radius 3 is 2.52 bits per heavy atom. The second-order valence-electron chi connectivity index (χ2n) is 11.9. The molecular weight excluding hydrogens is 518 g/mol. The van der Waals surface area contributed by atoms with Crippen LogP contribution < -0.4 is 10.5 Å². The van der Waals surface area contributed by atoms with E-state index >= 15 is 0 Å². The minimum atomic E-state index is -2.74. The number of nitrogens with zero attached hydrogens (tertiary/aromatic N) is 2. The Morgan fingerprint density at radius 1 is 1.23 bits per heavy atom. The van der Waals surface area contributed by atoms with E-state index in [1.165, 1.54) is 18.1 Å². The molecule has 1 heterocycles. The maximum atomic E-state index is 14.0. The van der Waals surface area contributed by atoms with Crippen molar-refractivity contribution < 1.29 is 38.9 Å². The van der Waals surface area contributed by atoms with Crippen molar-refractivity contribution in [2.24, 2.45) is 29.4 Å². The molecule has 0 radical (unpaired) electrons. The Kier molecular flexibility index (Phi) is 7.12. The zero-order chi connectivity index (χ0) is 29.3. The summed E-state index contributed by atoms with van der Waals surface area (Å²) in [5, 5.41) is 22.8. The molecule has 4 N–H and O–H groups in total. The first kappa shape index (κ1) is 28.4. The number of likely N-dealkylation sites (N-methyl/N-ethyl adjacent to an activating group) is 1. The van der Waals surface area contributed by atoms with E-state index in [9.17, 15) is 34.2 Å². The number of amides is 1. The Balaban J connectivity index is 1.62. The smallest absolute Gasteiger partial charge is 0.235 e. The van der Waals surface area contributed by atoms with E-state index in [0.717, 1.165) is 37.9 Å². The molecule has 5 rings (SSSR count). The van der Waals surface area contributed by atoms with Crippen LogP contribution in [0.5, 0.6) is 11.5 Å². The minimum Gasteiger partial charge on any atom is -0.507 e. The number of aromatic hydroxyl groups is 1. The summed E-state index contributed by atoms with van der Waals surface area (Å²) in [5.74, 6) is -10.0. The lowest BCUT2D eigenvalue weighted by molar-refractivity contribution is -0.181. The summed E-state index contributed by atoms with van der Waals surface area (Å²) in [6.07, 6.45) is 3.01. The number of carbonyl (C=O) groups excluding carboxylic acids is 5. The largest absolute Gasteiger partial charge is 0.507 e. The average molecular weight is 556 g/mol. The number of aliphatic hydroxyl groups is 1. The van der Waals surface area contributed by atoms with Gasteiger partial charge in [-0.1, -0.05) is 6.92 Å². The van der Waals surface area contributed by atoms with E-state index in [0.29, 0.717) is 11.3 Å². The zero-order valence-electron chi connectivity index (χ0n) is 23.3. The Labute approximate surface area is 232 Å². The number of ketones is 4. The highest BCUT2D eigenvalue weighted by atomic mass is 16.5. The van der Waals surface area contributed by atoms with Gasteiger partial charge in [0.05, 0.1) is 24.6 Å². The van der Waals surface area contributed by atoms with Crippen LogP contribution in [0.3, 0.4) is 0 Å². The molecule has 1 aliphatic heterocycles. The van der Waals surface area contributed by atoms with Crippen LogP contribution in [0, 0.1) is 23.7 Å². The normalized spacial score (nSPS) is 34.0. The Bertz CT molecular complexity index is 1310. The van der Waals surface area contributed by atoms with Gasteiger partial charge in [-0.25, -0.2) is 0 Å². The van der Waals surface area contributed by atoms with Crippen molar-refractivity contribution in [3.8, 4) is 11.5 Å². The number of rotatable bonds is 6. The van der Waals surface area contributed by atoms with Gasteiger partial charge in [-0.3, -0.25) is 33.8 Å². The van der Waals surface area contributed by atoms with Crippen molar-refractivity contribution in [2.75, 3.05) is 34.3 Å². The van der Waals surface area contributed by atoms with Crippen LogP contribution in [0.15, 0.2) is 6.07 Å². The Hall–Kier alpha value is -3.15. The first-order chi connectivity index (χ1) is 18.9. The number of phenolic OH excluding ortho intramolecular Hbond substituents is 1. The van der Waals surface area contributed by atoms with Crippen LogP contribution in [0.4, 0.5) is 0 Å². The maximum Gasteiger partial charge on any atom is 0.235 e. The van der Waals surface area contributed by atoms with E-state index in [-0.39, 0.29) is 30.2 Å². The van der Waals surface area contributed by atoms with E-state index in [4.69, 9.17) is 10.5 Å². The number of primary amides is 1. The number of Topliss-reactive ketones (excluding diaryl/α,β-unsaturated/α-hetero) is 4. The molecule has 4 aliphatic rings. The van der Waals surface area contributed by atoms with Gasteiger partial charge in [0.1, 0.15) is 11.5 Å². The lowest BCUT2D eigenvalue weighted by atomic mass is 9.52. The summed E-state index contributed by atoms with van der Waals surface area (Å²) in [4.78, 5) is 70.4. The average Bonchev–Trinajstić information content (AvgIpc) is 3.34. The summed E-state index contributed by atoms with van der Waals surface area (Å²) in [6, 6.07) is 0.411. The molecule has 40 heavy (non-hydrogen) atoms. The molecule has 0 spiro atoms. The van der Waals surface area contributed by atoms with Crippen molar-refractivity contribution >= 4 is 29.0 Å². The molecule has 3 fully saturated rings. The number of methoxy groups -OCH3 is 1. The Morgan fingerprint density at radius 2 is 1.93 bits per heavy atom. The standard InChI is InChI=1S/C29H37N3O8/c1-5-8-32-9-6-7-17(32)14-12-18(33)20-15(25(14)40-4)10-13-11-16-22(31(2)3)24(35)21(28(30)38)27(37)29(16,39)26(36)19(13)23(20)34/h12-13,16-17,19,21-22,33,39H,5-11H2,1-4H3,(H2,30,38). The van der Waals surface area contributed by atoms with E-state index in [1.807, 2.05) is 0 Å². The van der Waals surface area contributed by atoms with Crippen LogP contribution in [-0.2, 0) is 25.6 Å². The maximum absolute atomic E-state index is 14.0. The number of hydrogen-bond acceptors (Lipinski definition) is 10. The second-order valence-corrected chi connectivity index (χ2v) is 11.9. The number of phenols is 1. The van der Waals surface area contributed by atoms with Gasteiger partial charge in [-0.2, -0.15) is 0 Å². The lowest BCUT2D eigenvalue weighted by Crippen LogP contribution is -2.74. The molecule has 7 unspecified atom stereocenters. The molecule has 7 atom stereocenters. The van der Waals surface area contributed by atoms with Gasteiger partial charge in [0.2, 0.25) is 5.91 Å². The molecule has 2 saturated carbocycles. The first-order valence-electron chi connectivity index (χ1n) is 13.9. The fraction of sp³-hybridized carbons (Fsp3) is 0.621. The number of carbonyl (C=O) groups is 5. The fourth-order valence-corrected chi connectivity index (χ4v) is 7.90. The van der Waals surface area contributed by atoms with Gasteiger partial charge < -0.3 is 20.7 Å². The first-order valence-corrected chi connectivity index (χ1v) is 13.9. The predicted octanol–water partition coefficient (Wildman–Crippen LogP) is 0.423. The third kappa shape index (κ3) is 3.85. The van der Waals surface area contributed by atoms with E-state index < -0.39 is 64.4 Å². The summed E-state index contributed by atoms with van der Waals surface area (Å²) in [5.41, 5.74) is 3.86. The molecule has 0 bridgehead atoms. The van der Waals surface area contributed by atoms with Crippen molar-refractivity contribution in [3.05, 3.63) is 22.8 Å². The third-order valence-corrected chi connectivity index (χ3v) is 9.48. The SMILES string of the molecule is CCCN1CCCC1c1cc(O)c2c(c1OC)CC1CC3C(N(C)C)C(=O)C(C(N)=O)C(=O)C3(O)C(=O)C1C2=O. The number of likely N-dealkylation sites (tertiary alicyclic amines) is 1. The molecule has 11 heteroatoms. The number of benzene rings is 1. The molecule has 1 aromatic carbocycles. The topological polar surface area (TPSA) is 168 Å². The van der Waals surface area contributed by atoms with Crippen LogP contribution in [0.2, 0.25) is 0 Å². The summed E-state index contributed by atoms with van der Waals surface area (Å²) < 4.78 is 5.86. The summed E-state index contributed by atoms with van der Waals surface area (Å²) >= 11 is 0. The highest BCUT2D eigenvalue weighted by Gasteiger charge is 2.69. The summed E-state index contributed by atoms with van der Waals surface area (Å²) in [6.45, 7) is 3.90. The van der Waals surface area contributed by atoms with Crippen molar-refractivity contribution in [1.82, 2.24) is 9.80 Å². The lowest BCUT2D eigenvalue weighted by Gasteiger charge is -2.52. The number of nitrogens with two attached hydrogens (primary N) is 1.